The maximum atomic E-state index is 12.5. The Hall–Kier alpha value is -2.25. The summed E-state index contributed by atoms with van der Waals surface area (Å²) >= 11 is 3.37. The Labute approximate surface area is 173 Å². The van der Waals surface area contributed by atoms with Crippen molar-refractivity contribution in [2.45, 2.75) is 5.75 Å². The highest BCUT2D eigenvalue weighted by atomic mass is 32.2. The first-order valence-corrected chi connectivity index (χ1v) is 11.3. The molecule has 1 aliphatic heterocycles. The van der Waals surface area contributed by atoms with Crippen molar-refractivity contribution in [1.29, 1.82) is 0 Å². The molecule has 2 heterocycles. The number of thiazole rings is 1. The second kappa shape index (κ2) is 8.84. The summed E-state index contributed by atoms with van der Waals surface area (Å²) in [6.07, 6.45) is 0. The molecule has 1 saturated heterocycles. The molecule has 1 amide bonds. The minimum atomic E-state index is 0.231. The van der Waals surface area contributed by atoms with Gasteiger partial charge in [-0.2, -0.15) is 0 Å². The third-order valence-corrected chi connectivity index (χ3v) is 6.89. The Bertz CT molecular complexity index is 937. The van der Waals surface area contributed by atoms with Crippen LogP contribution in [0.15, 0.2) is 48.5 Å². The summed E-state index contributed by atoms with van der Waals surface area (Å²) in [4.78, 5) is 21.5. The molecule has 4 rings (SSSR count). The van der Waals surface area contributed by atoms with E-state index in [9.17, 15) is 4.79 Å². The quantitative estimate of drug-likeness (QED) is 0.614. The number of hydrogen-bond donors (Lipinski definition) is 0. The van der Waals surface area contributed by atoms with Crippen molar-refractivity contribution in [1.82, 2.24) is 9.88 Å². The number of amides is 1. The Balaban J connectivity index is 1.28. The van der Waals surface area contributed by atoms with Gasteiger partial charge in [0, 0.05) is 31.9 Å². The number of benzene rings is 2. The van der Waals surface area contributed by atoms with E-state index in [-0.39, 0.29) is 5.91 Å². The summed E-state index contributed by atoms with van der Waals surface area (Å²) in [6.45, 7) is 3.16. The number of rotatable bonds is 6. The molecule has 0 bridgehead atoms. The standard InChI is InChI=1S/C21H23N3O2S2/c1-26-17-7-8-18-19(13-17)28-21(22-18)24-11-9-23(10-12-24)20(25)15-27-14-16-5-3-2-4-6-16/h2-8,13H,9-12,14-15H2,1H3. The molecular weight excluding hydrogens is 390 g/mol. The molecule has 1 fully saturated rings. The molecule has 28 heavy (non-hydrogen) atoms. The summed E-state index contributed by atoms with van der Waals surface area (Å²) in [5.74, 6) is 2.50. The zero-order valence-electron chi connectivity index (χ0n) is 15.8. The van der Waals surface area contributed by atoms with Crippen LogP contribution in [0.5, 0.6) is 5.75 Å². The van der Waals surface area contributed by atoms with Gasteiger partial charge in [-0.3, -0.25) is 4.79 Å². The second-order valence-corrected chi connectivity index (χ2v) is 8.67. The van der Waals surface area contributed by atoms with Gasteiger partial charge in [-0.1, -0.05) is 41.7 Å². The fraction of sp³-hybridized carbons (Fsp3) is 0.333. The number of anilines is 1. The number of ether oxygens (including phenoxy) is 1. The molecule has 0 atom stereocenters. The molecule has 0 saturated carbocycles. The number of methoxy groups -OCH3 is 1. The highest BCUT2D eigenvalue weighted by molar-refractivity contribution is 7.99. The topological polar surface area (TPSA) is 45.7 Å². The molecule has 0 aliphatic carbocycles. The van der Waals surface area contributed by atoms with Gasteiger partial charge in [-0.15, -0.1) is 11.8 Å². The number of piperazine rings is 1. The van der Waals surface area contributed by atoms with Crippen LogP contribution in [0.3, 0.4) is 0 Å². The largest absolute Gasteiger partial charge is 0.497 e. The van der Waals surface area contributed by atoms with Gasteiger partial charge >= 0.3 is 0 Å². The number of fused-ring (bicyclic) bond motifs is 1. The zero-order valence-corrected chi connectivity index (χ0v) is 17.5. The maximum Gasteiger partial charge on any atom is 0.232 e. The molecule has 146 valence electrons. The van der Waals surface area contributed by atoms with Gasteiger partial charge in [0.05, 0.1) is 23.1 Å². The Morgan fingerprint density at radius 3 is 2.68 bits per heavy atom. The number of carbonyl (C=O) groups is 1. The van der Waals surface area contributed by atoms with E-state index in [1.807, 2.05) is 41.3 Å². The van der Waals surface area contributed by atoms with Crippen molar-refractivity contribution in [2.24, 2.45) is 0 Å². The molecular formula is C21H23N3O2S2. The minimum absolute atomic E-state index is 0.231. The van der Waals surface area contributed by atoms with Gasteiger partial charge in [0.25, 0.3) is 0 Å². The van der Waals surface area contributed by atoms with E-state index >= 15 is 0 Å². The van der Waals surface area contributed by atoms with Gasteiger partial charge in [-0.05, 0) is 23.8 Å². The average Bonchev–Trinajstić information content (AvgIpc) is 3.18. The molecule has 0 unspecified atom stereocenters. The van der Waals surface area contributed by atoms with Gasteiger partial charge in [0.2, 0.25) is 5.91 Å². The van der Waals surface area contributed by atoms with E-state index in [1.54, 1.807) is 30.2 Å². The van der Waals surface area contributed by atoms with Crippen molar-refractivity contribution >= 4 is 44.4 Å². The molecule has 2 aromatic carbocycles. The number of nitrogens with zero attached hydrogens (tertiary/aromatic N) is 3. The van der Waals surface area contributed by atoms with E-state index in [0.29, 0.717) is 5.75 Å². The van der Waals surface area contributed by atoms with Crippen molar-refractivity contribution < 1.29 is 9.53 Å². The summed E-state index contributed by atoms with van der Waals surface area (Å²) in [7, 11) is 1.68. The molecule has 0 N–H and O–H groups in total. The third kappa shape index (κ3) is 4.42. The Morgan fingerprint density at radius 1 is 1.14 bits per heavy atom. The minimum Gasteiger partial charge on any atom is -0.497 e. The van der Waals surface area contributed by atoms with Gasteiger partial charge in [0.15, 0.2) is 5.13 Å². The molecule has 0 spiro atoms. The van der Waals surface area contributed by atoms with E-state index < -0.39 is 0 Å². The highest BCUT2D eigenvalue weighted by Crippen LogP contribution is 2.31. The SMILES string of the molecule is COc1ccc2nc(N3CCN(C(=O)CSCc4ccccc4)CC3)sc2c1. The maximum absolute atomic E-state index is 12.5. The molecule has 1 aliphatic rings. The Morgan fingerprint density at radius 2 is 1.93 bits per heavy atom. The van der Waals surface area contributed by atoms with Crippen LogP contribution in [0.4, 0.5) is 5.13 Å². The lowest BCUT2D eigenvalue weighted by atomic mass is 10.2. The predicted octanol–water partition coefficient (Wildman–Crippen LogP) is 3.89. The van der Waals surface area contributed by atoms with E-state index in [0.717, 1.165) is 53.0 Å². The average molecular weight is 414 g/mol. The van der Waals surface area contributed by atoms with Gasteiger partial charge in [0.1, 0.15) is 5.75 Å². The smallest absolute Gasteiger partial charge is 0.232 e. The summed E-state index contributed by atoms with van der Waals surface area (Å²) in [5.41, 5.74) is 2.26. The fourth-order valence-corrected chi connectivity index (χ4v) is 5.16. The van der Waals surface area contributed by atoms with E-state index in [1.165, 1.54) is 5.56 Å². The lowest BCUT2D eigenvalue weighted by molar-refractivity contribution is -0.128. The lowest BCUT2D eigenvalue weighted by Gasteiger charge is -2.34. The molecule has 1 aromatic heterocycles. The molecule has 5 nitrogen and oxygen atoms in total. The number of carbonyl (C=O) groups excluding carboxylic acids is 1. The first-order valence-electron chi connectivity index (χ1n) is 9.32. The number of thioether (sulfide) groups is 1. The Kier molecular flexibility index (Phi) is 6.02. The van der Waals surface area contributed by atoms with Crippen LogP contribution in [0.2, 0.25) is 0 Å². The van der Waals surface area contributed by atoms with Crippen LogP contribution in [-0.4, -0.2) is 54.8 Å². The molecule has 3 aromatic rings. The first kappa shape index (κ1) is 19.1. The van der Waals surface area contributed by atoms with Gasteiger partial charge < -0.3 is 14.5 Å². The van der Waals surface area contributed by atoms with Crippen molar-refractivity contribution in [2.75, 3.05) is 43.9 Å². The van der Waals surface area contributed by atoms with Crippen LogP contribution in [0.1, 0.15) is 5.56 Å². The lowest BCUT2D eigenvalue weighted by Crippen LogP contribution is -2.49. The van der Waals surface area contributed by atoms with Crippen LogP contribution >= 0.6 is 23.1 Å². The van der Waals surface area contributed by atoms with Crippen molar-refractivity contribution in [3.05, 3.63) is 54.1 Å². The predicted molar refractivity (Wildman–Crippen MR) is 118 cm³/mol. The zero-order chi connectivity index (χ0) is 19.3. The van der Waals surface area contributed by atoms with Gasteiger partial charge in [-0.25, -0.2) is 4.98 Å². The molecule has 7 heteroatoms. The second-order valence-electron chi connectivity index (χ2n) is 6.68. The van der Waals surface area contributed by atoms with Crippen LogP contribution in [0.25, 0.3) is 10.2 Å². The van der Waals surface area contributed by atoms with E-state index in [4.69, 9.17) is 9.72 Å². The highest BCUT2D eigenvalue weighted by Gasteiger charge is 2.23. The summed E-state index contributed by atoms with van der Waals surface area (Å²) in [6, 6.07) is 16.3. The van der Waals surface area contributed by atoms with Crippen LogP contribution in [-0.2, 0) is 10.5 Å². The van der Waals surface area contributed by atoms with Crippen LogP contribution < -0.4 is 9.64 Å². The van der Waals surface area contributed by atoms with Crippen molar-refractivity contribution in [3.63, 3.8) is 0 Å². The summed E-state index contributed by atoms with van der Waals surface area (Å²) < 4.78 is 6.43. The van der Waals surface area contributed by atoms with Crippen molar-refractivity contribution in [3.8, 4) is 5.75 Å². The number of aromatic nitrogens is 1. The number of hydrogen-bond acceptors (Lipinski definition) is 6. The first-order chi connectivity index (χ1) is 13.7. The fourth-order valence-electron chi connectivity index (χ4n) is 3.22. The molecule has 0 radical (unpaired) electrons. The third-order valence-electron chi connectivity index (χ3n) is 4.82. The van der Waals surface area contributed by atoms with E-state index in [2.05, 4.69) is 17.0 Å². The monoisotopic (exact) mass is 413 g/mol. The normalized spacial score (nSPS) is 14.5. The summed E-state index contributed by atoms with van der Waals surface area (Å²) in [5, 5.41) is 1.02. The van der Waals surface area contributed by atoms with Crippen LogP contribution in [0, 0.1) is 0 Å².